The molecule has 0 radical (unpaired) electrons. The number of rotatable bonds is 6. The van der Waals surface area contributed by atoms with Crippen molar-refractivity contribution < 1.29 is 26.9 Å². The third-order valence-electron chi connectivity index (χ3n) is 4.26. The number of nitrogens with one attached hydrogen (secondary N) is 2. The van der Waals surface area contributed by atoms with E-state index in [2.05, 4.69) is 10.0 Å². The van der Waals surface area contributed by atoms with E-state index in [0.29, 0.717) is 5.56 Å². The zero-order valence-corrected chi connectivity index (χ0v) is 16.7. The third kappa shape index (κ3) is 5.01. The smallest absolute Gasteiger partial charge is 0.273 e. The summed E-state index contributed by atoms with van der Waals surface area (Å²) in [4.78, 5) is 22.3. The van der Waals surface area contributed by atoms with Gasteiger partial charge in [0.2, 0.25) is 0 Å². The molecule has 0 aliphatic rings. The topological polar surface area (TPSA) is 118 Å². The lowest BCUT2D eigenvalue weighted by atomic mass is 10.2. The van der Waals surface area contributed by atoms with Crippen LogP contribution < -0.4 is 10.0 Å². The molecule has 31 heavy (non-hydrogen) atoms. The highest BCUT2D eigenvalue weighted by molar-refractivity contribution is 7.92. The maximum Gasteiger partial charge on any atom is 0.273 e. The van der Waals surface area contributed by atoms with Crippen molar-refractivity contribution in [1.29, 1.82) is 0 Å². The maximum atomic E-state index is 13.2. The van der Waals surface area contributed by atoms with Gasteiger partial charge in [-0.2, -0.15) is 0 Å². The minimum atomic E-state index is -4.11. The predicted molar refractivity (Wildman–Crippen MR) is 109 cm³/mol. The van der Waals surface area contributed by atoms with Gasteiger partial charge in [0.05, 0.1) is 9.82 Å². The van der Waals surface area contributed by atoms with E-state index in [9.17, 15) is 32.1 Å². The van der Waals surface area contributed by atoms with E-state index in [0.717, 1.165) is 18.2 Å². The van der Waals surface area contributed by atoms with Gasteiger partial charge in [-0.05, 0) is 49.4 Å². The Morgan fingerprint density at radius 3 is 2.19 bits per heavy atom. The normalized spacial score (nSPS) is 11.1. The highest BCUT2D eigenvalue weighted by Gasteiger charge is 2.20. The molecule has 160 valence electrons. The van der Waals surface area contributed by atoms with Gasteiger partial charge in [0.15, 0.2) is 11.6 Å². The number of carbonyl (C=O) groups is 1. The summed E-state index contributed by atoms with van der Waals surface area (Å²) in [5, 5.41) is 13.4. The molecular formula is C20H15F2N3O5S. The van der Waals surface area contributed by atoms with Crippen molar-refractivity contribution >= 4 is 33.0 Å². The van der Waals surface area contributed by atoms with E-state index in [-0.39, 0.29) is 27.5 Å². The standard InChI is InChI=1S/C20H15F2N3O5S/c1-12-2-8-16(11-19(12)25(27)28)31(29,30)24-14-5-3-13(4-6-14)20(26)23-15-7-9-17(21)18(22)10-15/h2-11,24H,1H3,(H,23,26). The second-order valence-electron chi connectivity index (χ2n) is 6.47. The number of nitro benzene ring substituents is 1. The first-order valence-electron chi connectivity index (χ1n) is 8.71. The van der Waals surface area contributed by atoms with Crippen LogP contribution in [0.25, 0.3) is 0 Å². The minimum Gasteiger partial charge on any atom is -0.322 e. The molecule has 0 saturated carbocycles. The molecule has 0 bridgehead atoms. The summed E-state index contributed by atoms with van der Waals surface area (Å²) in [6, 6.07) is 11.7. The summed E-state index contributed by atoms with van der Waals surface area (Å²) in [6.07, 6.45) is 0. The number of anilines is 2. The Morgan fingerprint density at radius 1 is 0.935 bits per heavy atom. The van der Waals surface area contributed by atoms with Crippen molar-refractivity contribution in [2.45, 2.75) is 11.8 Å². The van der Waals surface area contributed by atoms with Crippen molar-refractivity contribution in [3.05, 3.63) is 93.5 Å². The zero-order valence-electron chi connectivity index (χ0n) is 15.9. The second kappa shape index (κ2) is 8.48. The van der Waals surface area contributed by atoms with Crippen LogP contribution in [0.2, 0.25) is 0 Å². The monoisotopic (exact) mass is 447 g/mol. The molecule has 2 N–H and O–H groups in total. The molecule has 0 heterocycles. The lowest BCUT2D eigenvalue weighted by molar-refractivity contribution is -0.385. The summed E-state index contributed by atoms with van der Waals surface area (Å²) >= 11 is 0. The van der Waals surface area contributed by atoms with Crippen molar-refractivity contribution in [3.63, 3.8) is 0 Å². The molecule has 3 aromatic carbocycles. The largest absolute Gasteiger partial charge is 0.322 e. The van der Waals surface area contributed by atoms with Crippen LogP contribution in [0, 0.1) is 28.7 Å². The number of nitrogens with zero attached hydrogens (tertiary/aromatic N) is 1. The number of benzene rings is 3. The average molecular weight is 447 g/mol. The van der Waals surface area contributed by atoms with Crippen molar-refractivity contribution in [2.75, 3.05) is 10.0 Å². The SMILES string of the molecule is Cc1ccc(S(=O)(=O)Nc2ccc(C(=O)Nc3ccc(F)c(F)c3)cc2)cc1[N+](=O)[O-]. The van der Waals surface area contributed by atoms with Crippen LogP contribution in [0.4, 0.5) is 25.8 Å². The average Bonchev–Trinajstić information content (AvgIpc) is 2.71. The quantitative estimate of drug-likeness (QED) is 0.433. The lowest BCUT2D eigenvalue weighted by Gasteiger charge is -2.10. The minimum absolute atomic E-state index is 0.0506. The summed E-state index contributed by atoms with van der Waals surface area (Å²) in [5.74, 6) is -2.78. The van der Waals surface area contributed by atoms with Crippen LogP contribution in [0.1, 0.15) is 15.9 Å². The van der Waals surface area contributed by atoms with Crippen LogP contribution in [-0.2, 0) is 10.0 Å². The molecule has 0 aliphatic heterocycles. The number of aryl methyl sites for hydroxylation is 1. The Balaban J connectivity index is 1.75. The predicted octanol–water partition coefficient (Wildman–Crippen LogP) is 4.23. The Kier molecular flexibility index (Phi) is 5.97. The number of halogens is 2. The zero-order chi connectivity index (χ0) is 22.8. The first-order chi connectivity index (χ1) is 14.6. The first-order valence-corrected chi connectivity index (χ1v) is 10.2. The molecule has 3 rings (SSSR count). The highest BCUT2D eigenvalue weighted by Crippen LogP contribution is 2.24. The van der Waals surface area contributed by atoms with E-state index < -0.39 is 32.5 Å². The highest BCUT2D eigenvalue weighted by atomic mass is 32.2. The molecule has 0 atom stereocenters. The summed E-state index contributed by atoms with van der Waals surface area (Å²) in [5.41, 5.74) is 0.299. The maximum absolute atomic E-state index is 13.2. The molecule has 0 saturated heterocycles. The number of carbonyl (C=O) groups excluding carboxylic acids is 1. The van der Waals surface area contributed by atoms with E-state index in [4.69, 9.17) is 0 Å². The van der Waals surface area contributed by atoms with Crippen LogP contribution >= 0.6 is 0 Å². The van der Waals surface area contributed by atoms with Gasteiger partial charge >= 0.3 is 0 Å². The fourth-order valence-corrected chi connectivity index (χ4v) is 3.71. The van der Waals surface area contributed by atoms with Crippen molar-refractivity contribution in [2.24, 2.45) is 0 Å². The molecule has 0 fully saturated rings. The van der Waals surface area contributed by atoms with Gasteiger partial charge in [-0.25, -0.2) is 17.2 Å². The van der Waals surface area contributed by atoms with Gasteiger partial charge in [-0.3, -0.25) is 19.6 Å². The van der Waals surface area contributed by atoms with E-state index >= 15 is 0 Å². The second-order valence-corrected chi connectivity index (χ2v) is 8.15. The van der Waals surface area contributed by atoms with Crippen molar-refractivity contribution in [1.82, 2.24) is 0 Å². The van der Waals surface area contributed by atoms with Gasteiger partial charge in [-0.1, -0.05) is 6.07 Å². The number of nitro groups is 1. The van der Waals surface area contributed by atoms with Crippen LogP contribution in [0.15, 0.2) is 65.6 Å². The van der Waals surface area contributed by atoms with Crippen LogP contribution in [0.5, 0.6) is 0 Å². The van der Waals surface area contributed by atoms with E-state index in [1.54, 1.807) is 0 Å². The molecule has 0 spiro atoms. The Bertz CT molecular complexity index is 1280. The molecule has 11 heteroatoms. The number of hydrogen-bond acceptors (Lipinski definition) is 5. The Morgan fingerprint density at radius 2 is 1.58 bits per heavy atom. The van der Waals surface area contributed by atoms with Crippen molar-refractivity contribution in [3.8, 4) is 0 Å². The molecule has 0 aromatic heterocycles. The molecule has 8 nitrogen and oxygen atoms in total. The fourth-order valence-electron chi connectivity index (χ4n) is 2.63. The molecule has 0 aliphatic carbocycles. The van der Waals surface area contributed by atoms with E-state index in [1.165, 1.54) is 49.4 Å². The summed E-state index contributed by atoms with van der Waals surface area (Å²) in [7, 11) is -4.11. The number of amides is 1. The molecule has 3 aromatic rings. The molecule has 1 amide bonds. The van der Waals surface area contributed by atoms with Gasteiger partial charge in [-0.15, -0.1) is 0 Å². The van der Waals surface area contributed by atoms with Gasteiger partial charge in [0.1, 0.15) is 0 Å². The van der Waals surface area contributed by atoms with Crippen LogP contribution in [-0.4, -0.2) is 19.2 Å². The van der Waals surface area contributed by atoms with Gasteiger partial charge < -0.3 is 5.32 Å². The Labute approximate surface area is 175 Å². The molecule has 0 unspecified atom stereocenters. The lowest BCUT2D eigenvalue weighted by Crippen LogP contribution is -2.14. The third-order valence-corrected chi connectivity index (χ3v) is 5.64. The van der Waals surface area contributed by atoms with Gasteiger partial charge in [0, 0.05) is 34.6 Å². The van der Waals surface area contributed by atoms with Crippen LogP contribution in [0.3, 0.4) is 0 Å². The van der Waals surface area contributed by atoms with E-state index in [1.807, 2.05) is 0 Å². The number of hydrogen-bond donors (Lipinski definition) is 2. The fraction of sp³-hybridized carbons (Fsp3) is 0.0500. The summed E-state index contributed by atoms with van der Waals surface area (Å²) in [6.45, 7) is 1.49. The summed E-state index contributed by atoms with van der Waals surface area (Å²) < 4.78 is 53.5. The number of sulfonamides is 1. The van der Waals surface area contributed by atoms with Gasteiger partial charge in [0.25, 0.3) is 21.6 Å². The molecular weight excluding hydrogens is 432 g/mol. The Hall–Kier alpha value is -3.86. The first kappa shape index (κ1) is 21.8.